The van der Waals surface area contributed by atoms with Crippen LogP contribution in [0.5, 0.6) is 0 Å². The molecule has 0 bridgehead atoms. The molecular formula is C10H6BrF6NO. The van der Waals surface area contributed by atoms with Crippen molar-refractivity contribution in [3.63, 3.8) is 0 Å². The first-order chi connectivity index (χ1) is 8.54. The number of benzene rings is 1. The maximum Gasteiger partial charge on any atom is 0.416 e. The van der Waals surface area contributed by atoms with Crippen LogP contribution in [-0.2, 0) is 17.1 Å². The average Bonchev–Trinajstić information content (AvgIpc) is 2.26. The van der Waals surface area contributed by atoms with Crippen molar-refractivity contribution in [3.05, 3.63) is 29.3 Å². The molecule has 9 heteroatoms. The maximum absolute atomic E-state index is 12.5. The highest BCUT2D eigenvalue weighted by Gasteiger charge is 2.37. The first-order valence-electron chi connectivity index (χ1n) is 4.69. The molecule has 0 heterocycles. The standard InChI is InChI=1S/C10H6BrF6NO/c11-4-8(19)18-7-2-5(9(12,13)14)1-6(3-7)10(15,16)17/h1-3H,4H2,(H,18,19). The monoisotopic (exact) mass is 349 g/mol. The van der Waals surface area contributed by atoms with Gasteiger partial charge in [0.05, 0.1) is 16.5 Å². The molecule has 1 aromatic rings. The Morgan fingerprint density at radius 1 is 1.00 bits per heavy atom. The van der Waals surface area contributed by atoms with Crippen molar-refractivity contribution < 1.29 is 31.1 Å². The molecule has 0 aromatic heterocycles. The van der Waals surface area contributed by atoms with Gasteiger partial charge < -0.3 is 5.32 Å². The number of hydrogen-bond acceptors (Lipinski definition) is 1. The van der Waals surface area contributed by atoms with E-state index in [1.54, 1.807) is 0 Å². The Balaban J connectivity index is 3.29. The van der Waals surface area contributed by atoms with E-state index in [0.29, 0.717) is 12.1 Å². The third kappa shape index (κ3) is 4.41. The highest BCUT2D eigenvalue weighted by Crippen LogP contribution is 2.37. The van der Waals surface area contributed by atoms with Gasteiger partial charge in [-0.25, -0.2) is 0 Å². The minimum absolute atomic E-state index is 0.0101. The van der Waals surface area contributed by atoms with Crippen LogP contribution in [0.3, 0.4) is 0 Å². The molecule has 1 rings (SSSR count). The third-order valence-corrected chi connectivity index (χ3v) is 2.50. The van der Waals surface area contributed by atoms with Gasteiger partial charge in [-0.1, -0.05) is 15.9 Å². The van der Waals surface area contributed by atoms with Crippen LogP contribution in [0.2, 0.25) is 0 Å². The van der Waals surface area contributed by atoms with E-state index in [9.17, 15) is 31.1 Å². The molecule has 0 aliphatic carbocycles. The molecule has 0 atom stereocenters. The third-order valence-electron chi connectivity index (χ3n) is 1.99. The van der Waals surface area contributed by atoms with Crippen molar-refractivity contribution in [1.82, 2.24) is 0 Å². The number of halogens is 7. The van der Waals surface area contributed by atoms with E-state index in [2.05, 4.69) is 15.9 Å². The summed E-state index contributed by atoms with van der Waals surface area (Å²) >= 11 is 2.73. The van der Waals surface area contributed by atoms with Gasteiger partial charge in [-0.2, -0.15) is 26.3 Å². The molecular weight excluding hydrogens is 344 g/mol. The Kier molecular flexibility index (Phi) is 4.49. The van der Waals surface area contributed by atoms with Crippen LogP contribution >= 0.6 is 15.9 Å². The number of nitrogens with one attached hydrogen (secondary N) is 1. The van der Waals surface area contributed by atoms with E-state index in [1.165, 1.54) is 0 Å². The van der Waals surface area contributed by atoms with Crippen molar-refractivity contribution in [1.29, 1.82) is 0 Å². The second-order valence-electron chi connectivity index (χ2n) is 3.48. The number of carbonyl (C=O) groups is 1. The summed E-state index contributed by atoms with van der Waals surface area (Å²) in [4.78, 5) is 11.0. The fraction of sp³-hybridized carbons (Fsp3) is 0.300. The first-order valence-corrected chi connectivity index (χ1v) is 5.81. The number of anilines is 1. The molecule has 0 spiro atoms. The summed E-state index contributed by atoms with van der Waals surface area (Å²) in [6, 6.07) is 0.870. The lowest BCUT2D eigenvalue weighted by atomic mass is 10.1. The van der Waals surface area contributed by atoms with Crippen LogP contribution in [0.4, 0.5) is 32.0 Å². The van der Waals surface area contributed by atoms with Gasteiger partial charge in [-0.3, -0.25) is 4.79 Å². The van der Waals surface area contributed by atoms with Crippen LogP contribution in [0.15, 0.2) is 18.2 Å². The molecule has 0 fully saturated rings. The molecule has 0 aliphatic heterocycles. The molecule has 0 radical (unpaired) electrons. The largest absolute Gasteiger partial charge is 0.416 e. The molecule has 0 unspecified atom stereocenters. The molecule has 19 heavy (non-hydrogen) atoms. The lowest BCUT2D eigenvalue weighted by Crippen LogP contribution is -2.16. The number of hydrogen-bond donors (Lipinski definition) is 1. The Labute approximate surface area is 111 Å². The predicted octanol–water partition coefficient (Wildman–Crippen LogP) is 4.06. The molecule has 0 aliphatic rings. The van der Waals surface area contributed by atoms with Crippen molar-refractivity contribution in [2.24, 2.45) is 0 Å². The summed E-state index contributed by atoms with van der Waals surface area (Å²) in [5.74, 6) is -0.757. The van der Waals surface area contributed by atoms with E-state index in [1.807, 2.05) is 5.32 Å². The average molecular weight is 350 g/mol. The van der Waals surface area contributed by atoms with Gasteiger partial charge in [-0.15, -0.1) is 0 Å². The van der Waals surface area contributed by atoms with Gasteiger partial charge in [0.25, 0.3) is 0 Å². The zero-order valence-electron chi connectivity index (χ0n) is 8.99. The molecule has 106 valence electrons. The molecule has 1 aromatic carbocycles. The van der Waals surface area contributed by atoms with Crippen LogP contribution in [0, 0.1) is 0 Å². The first kappa shape index (κ1) is 15.8. The van der Waals surface area contributed by atoms with E-state index in [4.69, 9.17) is 0 Å². The Morgan fingerprint density at radius 3 is 1.74 bits per heavy atom. The Hall–Kier alpha value is -1.25. The van der Waals surface area contributed by atoms with Crippen LogP contribution < -0.4 is 5.32 Å². The smallest absolute Gasteiger partial charge is 0.325 e. The van der Waals surface area contributed by atoms with Gasteiger partial charge in [0.2, 0.25) is 5.91 Å². The highest BCUT2D eigenvalue weighted by atomic mass is 79.9. The fourth-order valence-electron chi connectivity index (χ4n) is 1.22. The van der Waals surface area contributed by atoms with E-state index in [-0.39, 0.29) is 11.4 Å². The topological polar surface area (TPSA) is 29.1 Å². The maximum atomic E-state index is 12.5. The van der Waals surface area contributed by atoms with Gasteiger partial charge in [-0.05, 0) is 18.2 Å². The molecule has 1 N–H and O–H groups in total. The SMILES string of the molecule is O=C(CBr)Nc1cc(C(F)(F)F)cc(C(F)(F)F)c1. The van der Waals surface area contributed by atoms with E-state index in [0.717, 1.165) is 0 Å². The normalized spacial score (nSPS) is 12.4. The number of alkyl halides is 7. The fourth-order valence-corrected chi connectivity index (χ4v) is 1.36. The zero-order valence-corrected chi connectivity index (χ0v) is 10.6. The summed E-state index contributed by atoms with van der Waals surface area (Å²) < 4.78 is 74.8. The van der Waals surface area contributed by atoms with Gasteiger partial charge in [0, 0.05) is 5.69 Å². The van der Waals surface area contributed by atoms with E-state index >= 15 is 0 Å². The van der Waals surface area contributed by atoms with Crippen molar-refractivity contribution >= 4 is 27.5 Å². The lowest BCUT2D eigenvalue weighted by molar-refractivity contribution is -0.143. The second-order valence-corrected chi connectivity index (χ2v) is 4.04. The predicted molar refractivity (Wildman–Crippen MR) is 58.9 cm³/mol. The quantitative estimate of drug-likeness (QED) is 0.633. The summed E-state index contributed by atoms with van der Waals surface area (Å²) in [5.41, 5.74) is -3.52. The van der Waals surface area contributed by atoms with Crippen LogP contribution in [0.25, 0.3) is 0 Å². The summed E-state index contributed by atoms with van der Waals surface area (Å²) in [7, 11) is 0. The van der Waals surface area contributed by atoms with Gasteiger partial charge in [0.15, 0.2) is 0 Å². The van der Waals surface area contributed by atoms with Crippen LogP contribution in [-0.4, -0.2) is 11.2 Å². The number of amides is 1. The number of rotatable bonds is 2. The van der Waals surface area contributed by atoms with Crippen molar-refractivity contribution in [3.8, 4) is 0 Å². The lowest BCUT2D eigenvalue weighted by Gasteiger charge is -2.14. The van der Waals surface area contributed by atoms with E-state index < -0.39 is 35.1 Å². The molecule has 0 saturated heterocycles. The summed E-state index contributed by atoms with van der Waals surface area (Å²) in [6.45, 7) is 0. The Bertz CT molecular complexity index is 450. The Morgan fingerprint density at radius 2 is 1.42 bits per heavy atom. The minimum atomic E-state index is -4.94. The molecule has 1 amide bonds. The second kappa shape index (κ2) is 5.40. The van der Waals surface area contributed by atoms with Crippen LogP contribution in [0.1, 0.15) is 11.1 Å². The van der Waals surface area contributed by atoms with Gasteiger partial charge in [0.1, 0.15) is 0 Å². The summed E-state index contributed by atoms with van der Waals surface area (Å²) in [6.07, 6.45) is -9.87. The molecule has 2 nitrogen and oxygen atoms in total. The van der Waals surface area contributed by atoms with Crippen molar-refractivity contribution in [2.75, 3.05) is 10.6 Å². The minimum Gasteiger partial charge on any atom is -0.325 e. The van der Waals surface area contributed by atoms with Gasteiger partial charge >= 0.3 is 12.4 Å². The van der Waals surface area contributed by atoms with Crippen molar-refractivity contribution in [2.45, 2.75) is 12.4 Å². The highest BCUT2D eigenvalue weighted by molar-refractivity contribution is 9.09. The number of carbonyl (C=O) groups excluding carboxylic acids is 1. The zero-order chi connectivity index (χ0) is 14.8. The molecule has 0 saturated carbocycles. The summed E-state index contributed by atoms with van der Waals surface area (Å²) in [5, 5.41) is 1.69.